The van der Waals surface area contributed by atoms with Gasteiger partial charge in [-0.15, -0.1) is 0 Å². The Morgan fingerprint density at radius 1 is 1.21 bits per heavy atom. The molecule has 0 aromatic heterocycles. The zero-order chi connectivity index (χ0) is 14.3. The van der Waals surface area contributed by atoms with E-state index in [0.717, 1.165) is 11.3 Å². The van der Waals surface area contributed by atoms with Crippen molar-refractivity contribution >= 4 is 11.6 Å². The van der Waals surface area contributed by atoms with E-state index in [1.807, 2.05) is 24.3 Å². The van der Waals surface area contributed by atoms with Gasteiger partial charge in [0.2, 0.25) is 5.91 Å². The van der Waals surface area contributed by atoms with Crippen molar-refractivity contribution in [3.8, 4) is 0 Å². The van der Waals surface area contributed by atoms with Crippen LogP contribution in [0.4, 0.5) is 5.69 Å². The molecule has 0 aliphatic rings. The van der Waals surface area contributed by atoms with Gasteiger partial charge in [-0.1, -0.05) is 39.0 Å². The Morgan fingerprint density at radius 3 is 2.53 bits per heavy atom. The molecule has 1 rings (SSSR count). The predicted octanol–water partition coefficient (Wildman–Crippen LogP) is 2.59. The number of anilines is 1. The second-order valence-electron chi connectivity index (χ2n) is 5.39. The van der Waals surface area contributed by atoms with Gasteiger partial charge in [0, 0.05) is 12.8 Å². The van der Waals surface area contributed by atoms with E-state index in [2.05, 4.69) is 26.1 Å². The van der Waals surface area contributed by atoms with Crippen LogP contribution in [0.15, 0.2) is 24.3 Å². The summed E-state index contributed by atoms with van der Waals surface area (Å²) in [6.07, 6.45) is 0. The van der Waals surface area contributed by atoms with Crippen molar-refractivity contribution in [1.29, 1.82) is 0 Å². The Labute approximate surface area is 115 Å². The summed E-state index contributed by atoms with van der Waals surface area (Å²) in [5, 5.41) is 2.89. The quantitative estimate of drug-likeness (QED) is 0.804. The Kier molecular flexibility index (Phi) is 5.99. The topological polar surface area (TPSA) is 47.6 Å². The lowest BCUT2D eigenvalue weighted by Gasteiger charge is -2.23. The van der Waals surface area contributed by atoms with E-state index in [1.165, 1.54) is 0 Å². The van der Waals surface area contributed by atoms with Crippen molar-refractivity contribution in [2.24, 2.45) is 0 Å². The summed E-state index contributed by atoms with van der Waals surface area (Å²) >= 11 is 0. The summed E-state index contributed by atoms with van der Waals surface area (Å²) in [6, 6.07) is 7.83. The van der Waals surface area contributed by atoms with Gasteiger partial charge in [0.25, 0.3) is 0 Å². The highest BCUT2D eigenvalue weighted by molar-refractivity contribution is 5.92. The van der Waals surface area contributed by atoms with E-state index < -0.39 is 0 Å². The van der Waals surface area contributed by atoms with Crippen molar-refractivity contribution in [3.63, 3.8) is 0 Å². The fourth-order valence-corrected chi connectivity index (χ4v) is 1.74. The molecule has 1 N–H and O–H groups in total. The van der Waals surface area contributed by atoms with Gasteiger partial charge in [-0.2, -0.15) is 0 Å². The number of hydrogen-bond acceptors (Lipinski definition) is 3. The molecule has 0 atom stereocenters. The summed E-state index contributed by atoms with van der Waals surface area (Å²) in [5.41, 5.74) is 1.94. The molecule has 4 nitrogen and oxygen atoms in total. The molecule has 1 amide bonds. The third kappa shape index (κ3) is 5.41. The van der Waals surface area contributed by atoms with Crippen molar-refractivity contribution in [1.82, 2.24) is 0 Å². The number of carbonyl (C=O) groups excluding carboxylic acids is 1. The van der Waals surface area contributed by atoms with E-state index in [0.29, 0.717) is 13.2 Å². The Hall–Kier alpha value is -1.39. The number of carbonyl (C=O) groups is 1. The van der Waals surface area contributed by atoms with E-state index in [1.54, 1.807) is 7.11 Å². The SMILES string of the molecule is COCCOCC(=O)Nc1ccccc1C(C)(C)C. The predicted molar refractivity (Wildman–Crippen MR) is 76.5 cm³/mol. The van der Waals surface area contributed by atoms with Crippen LogP contribution in [0.25, 0.3) is 0 Å². The first-order valence-electron chi connectivity index (χ1n) is 6.41. The van der Waals surface area contributed by atoms with Crippen LogP contribution >= 0.6 is 0 Å². The highest BCUT2D eigenvalue weighted by atomic mass is 16.5. The molecule has 0 saturated heterocycles. The molecule has 106 valence electrons. The molecule has 0 fully saturated rings. The van der Waals surface area contributed by atoms with Gasteiger partial charge in [0.05, 0.1) is 13.2 Å². The van der Waals surface area contributed by atoms with Gasteiger partial charge in [-0.25, -0.2) is 0 Å². The van der Waals surface area contributed by atoms with Crippen molar-refractivity contribution in [2.75, 3.05) is 32.2 Å². The minimum Gasteiger partial charge on any atom is -0.382 e. The number of hydrogen-bond donors (Lipinski definition) is 1. The molecule has 0 heterocycles. The fraction of sp³-hybridized carbons (Fsp3) is 0.533. The molecular formula is C15H23NO3. The summed E-state index contributed by atoms with van der Waals surface area (Å²) in [5.74, 6) is -0.146. The zero-order valence-corrected chi connectivity index (χ0v) is 12.2. The highest BCUT2D eigenvalue weighted by Gasteiger charge is 2.18. The summed E-state index contributed by atoms with van der Waals surface area (Å²) in [7, 11) is 1.60. The van der Waals surface area contributed by atoms with Gasteiger partial charge >= 0.3 is 0 Å². The number of methoxy groups -OCH3 is 1. The molecule has 0 saturated carbocycles. The summed E-state index contributed by atoms with van der Waals surface area (Å²) < 4.78 is 10.0. The number of nitrogens with one attached hydrogen (secondary N) is 1. The number of rotatable bonds is 6. The fourth-order valence-electron chi connectivity index (χ4n) is 1.74. The van der Waals surface area contributed by atoms with Crippen LogP contribution in [-0.2, 0) is 19.7 Å². The molecule has 1 aromatic carbocycles. The average molecular weight is 265 g/mol. The third-order valence-electron chi connectivity index (χ3n) is 2.67. The average Bonchev–Trinajstić information content (AvgIpc) is 2.34. The minimum absolute atomic E-state index is 0.0131. The maximum atomic E-state index is 11.8. The van der Waals surface area contributed by atoms with Crippen LogP contribution in [0.2, 0.25) is 0 Å². The van der Waals surface area contributed by atoms with Crippen molar-refractivity contribution < 1.29 is 14.3 Å². The molecule has 0 aliphatic carbocycles. The van der Waals surface area contributed by atoms with E-state index >= 15 is 0 Å². The number of benzene rings is 1. The number of ether oxygens (including phenoxy) is 2. The maximum absolute atomic E-state index is 11.8. The van der Waals surface area contributed by atoms with Crippen LogP contribution in [0, 0.1) is 0 Å². The van der Waals surface area contributed by atoms with E-state index in [9.17, 15) is 4.79 Å². The first kappa shape index (κ1) is 15.7. The Morgan fingerprint density at radius 2 is 1.89 bits per heavy atom. The monoisotopic (exact) mass is 265 g/mol. The molecule has 0 radical (unpaired) electrons. The second kappa shape index (κ2) is 7.26. The van der Waals surface area contributed by atoms with Gasteiger partial charge in [0.15, 0.2) is 0 Å². The van der Waals surface area contributed by atoms with Crippen LogP contribution < -0.4 is 5.32 Å². The lowest BCUT2D eigenvalue weighted by Crippen LogP contribution is -2.22. The second-order valence-corrected chi connectivity index (χ2v) is 5.39. The van der Waals surface area contributed by atoms with Gasteiger partial charge in [0.1, 0.15) is 6.61 Å². The molecule has 0 aliphatic heterocycles. The Bertz CT molecular complexity index is 410. The van der Waals surface area contributed by atoms with Crippen LogP contribution in [0.1, 0.15) is 26.3 Å². The minimum atomic E-state index is -0.146. The standard InChI is InChI=1S/C15H23NO3/c1-15(2,3)12-7-5-6-8-13(12)16-14(17)11-19-10-9-18-4/h5-8H,9-11H2,1-4H3,(H,16,17). The first-order chi connectivity index (χ1) is 8.95. The molecular weight excluding hydrogens is 242 g/mol. The van der Waals surface area contributed by atoms with Gasteiger partial charge in [-0.05, 0) is 17.0 Å². The summed E-state index contributed by atoms with van der Waals surface area (Å²) in [6.45, 7) is 7.31. The van der Waals surface area contributed by atoms with Crippen molar-refractivity contribution in [3.05, 3.63) is 29.8 Å². The normalized spacial score (nSPS) is 11.4. The third-order valence-corrected chi connectivity index (χ3v) is 2.67. The lowest BCUT2D eigenvalue weighted by atomic mass is 9.86. The van der Waals surface area contributed by atoms with E-state index in [-0.39, 0.29) is 17.9 Å². The number of para-hydroxylation sites is 1. The van der Waals surface area contributed by atoms with Gasteiger partial charge in [-0.3, -0.25) is 4.79 Å². The molecule has 4 heteroatoms. The highest BCUT2D eigenvalue weighted by Crippen LogP contribution is 2.29. The summed E-state index contributed by atoms with van der Waals surface area (Å²) in [4.78, 5) is 11.8. The van der Waals surface area contributed by atoms with Crippen LogP contribution in [-0.4, -0.2) is 32.8 Å². The molecule has 19 heavy (non-hydrogen) atoms. The largest absolute Gasteiger partial charge is 0.382 e. The first-order valence-corrected chi connectivity index (χ1v) is 6.41. The molecule has 0 bridgehead atoms. The van der Waals surface area contributed by atoms with Crippen LogP contribution in [0.5, 0.6) is 0 Å². The maximum Gasteiger partial charge on any atom is 0.250 e. The molecule has 0 spiro atoms. The zero-order valence-electron chi connectivity index (χ0n) is 12.2. The van der Waals surface area contributed by atoms with E-state index in [4.69, 9.17) is 9.47 Å². The van der Waals surface area contributed by atoms with Crippen molar-refractivity contribution in [2.45, 2.75) is 26.2 Å². The molecule has 1 aromatic rings. The smallest absolute Gasteiger partial charge is 0.250 e. The van der Waals surface area contributed by atoms with Crippen LogP contribution in [0.3, 0.4) is 0 Å². The van der Waals surface area contributed by atoms with Gasteiger partial charge < -0.3 is 14.8 Å². The Balaban J connectivity index is 2.59. The number of amides is 1. The lowest BCUT2D eigenvalue weighted by molar-refractivity contribution is -0.121. The molecule has 0 unspecified atom stereocenters.